The van der Waals surface area contributed by atoms with Crippen molar-refractivity contribution in [3.8, 4) is 39.2 Å². The Hall–Kier alpha value is -7.54. The van der Waals surface area contributed by atoms with E-state index in [1.54, 1.807) is 17.7 Å². The van der Waals surface area contributed by atoms with Crippen molar-refractivity contribution in [1.29, 1.82) is 0 Å². The predicted molar refractivity (Wildman–Crippen MR) is 240 cm³/mol. The fraction of sp³-hybridized carbons (Fsp3) is 0. The average Bonchev–Trinajstić information content (AvgIpc) is 4.04. The fourth-order valence-electron chi connectivity index (χ4n) is 9.16. The molecule has 0 radical (unpaired) electrons. The van der Waals surface area contributed by atoms with Gasteiger partial charge in [0, 0.05) is 53.7 Å². The Balaban J connectivity index is 1.15. The summed E-state index contributed by atoms with van der Waals surface area (Å²) in [6.45, 7) is 0. The first-order chi connectivity index (χ1) is 28.8. The molecule has 0 amide bonds. The average molecular weight is 760 g/mol. The van der Waals surface area contributed by atoms with E-state index in [1.165, 1.54) is 4.70 Å². The van der Waals surface area contributed by atoms with Crippen LogP contribution in [0.4, 0.5) is 0 Å². The molecule has 0 bridgehead atoms. The van der Waals surface area contributed by atoms with Crippen LogP contribution in [0.2, 0.25) is 0 Å². The van der Waals surface area contributed by atoms with Crippen LogP contribution in [0.5, 0.6) is 0 Å². The Kier molecular flexibility index (Phi) is 6.54. The molecule has 58 heavy (non-hydrogen) atoms. The van der Waals surface area contributed by atoms with E-state index in [0.717, 1.165) is 120 Å². The Labute approximate surface area is 334 Å². The molecule has 0 unspecified atom stereocenters. The van der Waals surface area contributed by atoms with Gasteiger partial charge < -0.3 is 13.4 Å². The number of para-hydroxylation sites is 2. The lowest BCUT2D eigenvalue weighted by atomic mass is 9.91. The van der Waals surface area contributed by atoms with Gasteiger partial charge in [-0.2, -0.15) is 0 Å². The first-order valence-electron chi connectivity index (χ1n) is 19.4. The molecule has 0 saturated heterocycles. The Morgan fingerprint density at radius 2 is 1.09 bits per heavy atom. The minimum absolute atomic E-state index is 0.843. The van der Waals surface area contributed by atoms with Gasteiger partial charge in [0.2, 0.25) is 0 Å². The minimum atomic E-state index is 0.843. The molecule has 13 aromatic rings. The summed E-state index contributed by atoms with van der Waals surface area (Å²) in [5.74, 6) is 0. The smallest absolute Gasteiger partial charge is 0.145 e. The van der Waals surface area contributed by atoms with Gasteiger partial charge in [-0.1, -0.05) is 115 Å². The van der Waals surface area contributed by atoms with E-state index in [-0.39, 0.29) is 0 Å². The van der Waals surface area contributed by atoms with E-state index in [1.807, 2.05) is 12.1 Å². The summed E-state index contributed by atoms with van der Waals surface area (Å²) in [6.07, 6.45) is 1.71. The van der Waals surface area contributed by atoms with Crippen molar-refractivity contribution in [3.63, 3.8) is 0 Å². The molecule has 8 aromatic carbocycles. The van der Waals surface area contributed by atoms with Crippen LogP contribution in [-0.4, -0.2) is 14.5 Å². The molecular weight excluding hydrogens is 731 g/mol. The predicted octanol–water partition coefficient (Wildman–Crippen LogP) is 14.7. The third-order valence-electron chi connectivity index (χ3n) is 11.7. The Morgan fingerprint density at radius 1 is 0.448 bits per heavy atom. The number of thiophene rings is 1. The Bertz CT molecular complexity index is 3740. The maximum atomic E-state index is 6.95. The zero-order valence-electron chi connectivity index (χ0n) is 30.8. The van der Waals surface area contributed by atoms with Gasteiger partial charge in [-0.15, -0.1) is 11.3 Å². The first-order valence-corrected chi connectivity index (χ1v) is 20.2. The van der Waals surface area contributed by atoms with Crippen LogP contribution in [-0.2, 0) is 0 Å². The molecule has 0 spiro atoms. The van der Waals surface area contributed by atoms with Crippen molar-refractivity contribution in [1.82, 2.24) is 14.5 Å². The second-order valence-electron chi connectivity index (χ2n) is 14.9. The second kappa shape index (κ2) is 12.0. The molecule has 0 N–H and O–H groups in total. The van der Waals surface area contributed by atoms with E-state index < -0.39 is 0 Å². The standard InChI is InChI=1S/C52H29N3O2S/c1-3-13-30(14-4-1)37-25-32(48-52-49(54-29-53-48)36-19-9-12-22-46(36)58-52)26-38(31-15-5-2-6-16-31)50(37)55-41-20-10-7-18-35(41)47-42(55)24-23-34-40-28-44-39(27-45(40)57-51(34)47)33-17-8-11-21-43(33)56-44/h1-29H. The molecule has 0 saturated carbocycles. The topological polar surface area (TPSA) is 57.0 Å². The third kappa shape index (κ3) is 4.46. The third-order valence-corrected chi connectivity index (χ3v) is 12.9. The number of rotatable bonds is 4. The number of nitrogens with zero attached hydrogens (tertiary/aromatic N) is 3. The fourth-order valence-corrected chi connectivity index (χ4v) is 10.3. The van der Waals surface area contributed by atoms with Crippen LogP contribution in [0.15, 0.2) is 185 Å². The minimum Gasteiger partial charge on any atom is -0.456 e. The SMILES string of the molecule is c1ccc(-c2cc(-c3ncnc4c3sc3ccccc34)cc(-c3ccccc3)c2-n2c3ccccc3c3c4oc5cc6c(cc5c4ccc32)oc2ccccc26)cc1. The van der Waals surface area contributed by atoms with E-state index in [9.17, 15) is 0 Å². The summed E-state index contributed by atoms with van der Waals surface area (Å²) in [4.78, 5) is 9.79. The normalized spacial score (nSPS) is 12.1. The monoisotopic (exact) mass is 759 g/mol. The van der Waals surface area contributed by atoms with Crippen molar-refractivity contribution in [2.24, 2.45) is 0 Å². The number of furan rings is 2. The highest BCUT2D eigenvalue weighted by Gasteiger charge is 2.25. The van der Waals surface area contributed by atoms with Gasteiger partial charge in [-0.3, -0.25) is 0 Å². The largest absolute Gasteiger partial charge is 0.456 e. The van der Waals surface area contributed by atoms with Crippen molar-refractivity contribution >= 4 is 97.3 Å². The maximum absolute atomic E-state index is 6.95. The lowest BCUT2D eigenvalue weighted by molar-refractivity contribution is 0.665. The second-order valence-corrected chi connectivity index (χ2v) is 15.9. The molecule has 0 aliphatic carbocycles. The first kappa shape index (κ1) is 31.6. The van der Waals surface area contributed by atoms with Gasteiger partial charge in [0.25, 0.3) is 0 Å². The molecule has 13 rings (SSSR count). The van der Waals surface area contributed by atoms with E-state index in [2.05, 4.69) is 162 Å². The number of hydrogen-bond donors (Lipinski definition) is 0. The maximum Gasteiger partial charge on any atom is 0.145 e. The van der Waals surface area contributed by atoms with Crippen LogP contribution in [0.25, 0.3) is 125 Å². The van der Waals surface area contributed by atoms with E-state index in [0.29, 0.717) is 0 Å². The molecule has 0 fully saturated rings. The molecule has 5 nitrogen and oxygen atoms in total. The van der Waals surface area contributed by atoms with Crippen LogP contribution < -0.4 is 0 Å². The van der Waals surface area contributed by atoms with Crippen LogP contribution >= 0.6 is 11.3 Å². The zero-order chi connectivity index (χ0) is 37.9. The highest BCUT2D eigenvalue weighted by Crippen LogP contribution is 2.48. The summed E-state index contributed by atoms with van der Waals surface area (Å²) in [6, 6.07) is 60.2. The lowest BCUT2D eigenvalue weighted by Crippen LogP contribution is -2.02. The van der Waals surface area contributed by atoms with E-state index in [4.69, 9.17) is 18.8 Å². The van der Waals surface area contributed by atoms with Gasteiger partial charge in [0.15, 0.2) is 0 Å². The molecule has 270 valence electrons. The van der Waals surface area contributed by atoms with Crippen LogP contribution in [0.3, 0.4) is 0 Å². The van der Waals surface area contributed by atoms with Gasteiger partial charge >= 0.3 is 0 Å². The molecule has 0 aliphatic rings. The lowest BCUT2D eigenvalue weighted by Gasteiger charge is -2.21. The molecule has 0 aliphatic heterocycles. The van der Waals surface area contributed by atoms with Crippen LogP contribution in [0, 0.1) is 0 Å². The summed E-state index contributed by atoms with van der Waals surface area (Å²) < 4.78 is 18.0. The highest BCUT2D eigenvalue weighted by atomic mass is 32.1. The quantitative estimate of drug-likeness (QED) is 0.179. The van der Waals surface area contributed by atoms with Crippen molar-refractivity contribution in [2.45, 2.75) is 0 Å². The molecule has 5 aromatic heterocycles. The summed E-state index contributed by atoms with van der Waals surface area (Å²) in [5, 5.41) is 7.60. The number of benzene rings is 8. The van der Waals surface area contributed by atoms with Crippen molar-refractivity contribution < 1.29 is 8.83 Å². The number of aromatic nitrogens is 3. The van der Waals surface area contributed by atoms with Gasteiger partial charge in [0.1, 0.15) is 28.7 Å². The summed E-state index contributed by atoms with van der Waals surface area (Å²) >= 11 is 1.75. The Morgan fingerprint density at radius 3 is 1.86 bits per heavy atom. The number of hydrogen-bond acceptors (Lipinski definition) is 5. The molecule has 0 atom stereocenters. The van der Waals surface area contributed by atoms with Gasteiger partial charge in [-0.05, 0) is 65.7 Å². The van der Waals surface area contributed by atoms with Gasteiger partial charge in [0.05, 0.1) is 38.0 Å². The molecule has 6 heteroatoms. The highest BCUT2D eigenvalue weighted by molar-refractivity contribution is 7.26. The van der Waals surface area contributed by atoms with Gasteiger partial charge in [-0.25, -0.2) is 9.97 Å². The zero-order valence-corrected chi connectivity index (χ0v) is 31.6. The van der Waals surface area contributed by atoms with Crippen LogP contribution in [0.1, 0.15) is 0 Å². The summed E-state index contributed by atoms with van der Waals surface area (Å²) in [7, 11) is 0. The van der Waals surface area contributed by atoms with Crippen molar-refractivity contribution in [3.05, 3.63) is 176 Å². The molecular formula is C52H29N3O2S. The van der Waals surface area contributed by atoms with Crippen molar-refractivity contribution in [2.75, 3.05) is 0 Å². The summed E-state index contributed by atoms with van der Waals surface area (Å²) in [5.41, 5.74) is 14.1. The van der Waals surface area contributed by atoms with E-state index >= 15 is 0 Å². The number of fused-ring (bicyclic) bond motifs is 13. The molecule has 5 heterocycles.